The van der Waals surface area contributed by atoms with E-state index < -0.39 is 0 Å². The summed E-state index contributed by atoms with van der Waals surface area (Å²) in [6, 6.07) is 4.27. The lowest BCUT2D eigenvalue weighted by molar-refractivity contribution is 0.127. The van der Waals surface area contributed by atoms with Crippen LogP contribution in [0.15, 0.2) is 12.1 Å². The van der Waals surface area contributed by atoms with Crippen LogP contribution in [0, 0.1) is 19.8 Å². The molecule has 1 fully saturated rings. The van der Waals surface area contributed by atoms with Crippen LogP contribution in [0.1, 0.15) is 43.0 Å². The molecular formula is C17H30Cl2N2O. The maximum Gasteiger partial charge on any atom is 0.116 e. The lowest BCUT2D eigenvalue weighted by atomic mass is 9.85. The minimum atomic E-state index is 0. The summed E-state index contributed by atoms with van der Waals surface area (Å²) in [4.78, 5) is 2.61. The van der Waals surface area contributed by atoms with E-state index >= 15 is 0 Å². The molecule has 2 rings (SSSR count). The van der Waals surface area contributed by atoms with Crippen LogP contribution in [0.4, 0.5) is 0 Å². The second-order valence-corrected chi connectivity index (χ2v) is 6.11. The average molecular weight is 349 g/mol. The summed E-state index contributed by atoms with van der Waals surface area (Å²) < 4.78 is 0. The molecule has 1 heterocycles. The second-order valence-electron chi connectivity index (χ2n) is 6.11. The van der Waals surface area contributed by atoms with Gasteiger partial charge in [0.15, 0.2) is 0 Å². The molecule has 22 heavy (non-hydrogen) atoms. The normalized spacial score (nSPS) is 18.0. The maximum atomic E-state index is 9.78. The molecule has 1 aliphatic rings. The predicted octanol–water partition coefficient (Wildman–Crippen LogP) is 3.85. The Kier molecular flexibility index (Phi) is 9.40. The van der Waals surface area contributed by atoms with Gasteiger partial charge in [-0.05, 0) is 48.6 Å². The molecule has 0 radical (unpaired) electrons. The molecule has 2 atom stereocenters. The summed E-state index contributed by atoms with van der Waals surface area (Å²) in [6.45, 7) is 13.2. The highest BCUT2D eigenvalue weighted by molar-refractivity contribution is 5.85. The number of aryl methyl sites for hydroxylation is 2. The molecule has 1 aromatic carbocycles. The van der Waals surface area contributed by atoms with Crippen molar-refractivity contribution in [2.75, 3.05) is 26.2 Å². The number of halogens is 2. The molecule has 1 unspecified atom stereocenters. The fourth-order valence-electron chi connectivity index (χ4n) is 3.43. The van der Waals surface area contributed by atoms with Gasteiger partial charge in [0.1, 0.15) is 5.75 Å². The number of benzene rings is 1. The van der Waals surface area contributed by atoms with Crippen molar-refractivity contribution in [1.82, 2.24) is 10.2 Å². The molecule has 3 nitrogen and oxygen atoms in total. The molecule has 2 N–H and O–H groups in total. The first-order valence-electron chi connectivity index (χ1n) is 7.79. The first-order valence-corrected chi connectivity index (χ1v) is 7.79. The van der Waals surface area contributed by atoms with Crippen LogP contribution in [0.5, 0.6) is 5.75 Å². The van der Waals surface area contributed by atoms with E-state index in [2.05, 4.69) is 37.9 Å². The van der Waals surface area contributed by atoms with Crippen molar-refractivity contribution in [1.29, 1.82) is 0 Å². The predicted molar refractivity (Wildman–Crippen MR) is 98.7 cm³/mol. The fourth-order valence-corrected chi connectivity index (χ4v) is 3.43. The third kappa shape index (κ3) is 4.76. The largest absolute Gasteiger partial charge is 0.508 e. The van der Waals surface area contributed by atoms with Crippen molar-refractivity contribution >= 4 is 24.8 Å². The number of rotatable bonds is 4. The van der Waals surface area contributed by atoms with Gasteiger partial charge in [0.25, 0.3) is 0 Å². The van der Waals surface area contributed by atoms with Gasteiger partial charge in [-0.15, -0.1) is 24.8 Å². The monoisotopic (exact) mass is 348 g/mol. The zero-order valence-electron chi connectivity index (χ0n) is 14.1. The Labute approximate surface area is 147 Å². The summed E-state index contributed by atoms with van der Waals surface area (Å²) >= 11 is 0. The van der Waals surface area contributed by atoms with E-state index in [1.165, 1.54) is 23.1 Å². The van der Waals surface area contributed by atoms with Gasteiger partial charge in [-0.25, -0.2) is 0 Å². The van der Waals surface area contributed by atoms with Crippen molar-refractivity contribution in [3.8, 4) is 5.75 Å². The lowest BCUT2D eigenvalue weighted by Crippen LogP contribution is -2.47. The van der Waals surface area contributed by atoms with E-state index in [0.29, 0.717) is 17.7 Å². The number of aromatic hydroxyl groups is 1. The molecule has 0 spiro atoms. The van der Waals surface area contributed by atoms with Crippen LogP contribution in [-0.4, -0.2) is 36.2 Å². The number of phenolic OH excluding ortho intramolecular Hbond substituents is 1. The summed E-state index contributed by atoms with van der Waals surface area (Å²) in [6.07, 6.45) is 1.17. The summed E-state index contributed by atoms with van der Waals surface area (Å²) in [5.74, 6) is 1.00. The third-order valence-electron chi connectivity index (χ3n) is 4.60. The zero-order valence-corrected chi connectivity index (χ0v) is 15.7. The van der Waals surface area contributed by atoms with E-state index in [1.807, 2.05) is 12.1 Å². The first kappa shape index (κ1) is 21.5. The zero-order chi connectivity index (χ0) is 14.7. The molecule has 0 bridgehead atoms. The summed E-state index contributed by atoms with van der Waals surface area (Å²) in [5.41, 5.74) is 3.84. The molecule has 1 aromatic rings. The van der Waals surface area contributed by atoms with Crippen LogP contribution >= 0.6 is 24.8 Å². The number of piperazine rings is 1. The van der Waals surface area contributed by atoms with Gasteiger partial charge in [0, 0.05) is 32.2 Å². The molecule has 1 aliphatic heterocycles. The highest BCUT2D eigenvalue weighted by Crippen LogP contribution is 2.36. The van der Waals surface area contributed by atoms with Gasteiger partial charge < -0.3 is 10.4 Å². The Bertz CT molecular complexity index is 439. The van der Waals surface area contributed by atoms with Crippen molar-refractivity contribution < 1.29 is 5.11 Å². The van der Waals surface area contributed by atoms with Crippen LogP contribution in [0.25, 0.3) is 0 Å². The Balaban J connectivity index is 0.00000220. The Morgan fingerprint density at radius 2 is 1.64 bits per heavy atom. The fraction of sp³-hybridized carbons (Fsp3) is 0.647. The minimum Gasteiger partial charge on any atom is -0.508 e. The van der Waals surface area contributed by atoms with Crippen LogP contribution in [-0.2, 0) is 0 Å². The number of phenols is 1. The number of hydrogen-bond donors (Lipinski definition) is 2. The molecule has 5 heteroatoms. The molecule has 128 valence electrons. The van der Waals surface area contributed by atoms with Crippen molar-refractivity contribution in [2.24, 2.45) is 5.92 Å². The van der Waals surface area contributed by atoms with Crippen LogP contribution in [0.2, 0.25) is 0 Å². The first-order chi connectivity index (χ1) is 9.54. The van der Waals surface area contributed by atoms with Gasteiger partial charge in [-0.3, -0.25) is 4.90 Å². The van der Waals surface area contributed by atoms with Gasteiger partial charge in [0.2, 0.25) is 0 Å². The standard InChI is InChI=1S/C17H28N2O.2ClH/c1-5-12(2)17(19-8-6-18-7-9-19)16-13(3)10-15(20)11-14(16)4;;/h10-12,17-18,20H,5-9H2,1-4H3;2*1H/t12?,17-;;/m0../s1. The number of hydrogen-bond acceptors (Lipinski definition) is 3. The van der Waals surface area contributed by atoms with E-state index in [1.54, 1.807) is 0 Å². The molecule has 0 aliphatic carbocycles. The Morgan fingerprint density at radius 1 is 1.14 bits per heavy atom. The quantitative estimate of drug-likeness (QED) is 0.867. The molecule has 0 aromatic heterocycles. The van der Waals surface area contributed by atoms with E-state index in [-0.39, 0.29) is 24.8 Å². The van der Waals surface area contributed by atoms with Gasteiger partial charge in [0.05, 0.1) is 0 Å². The smallest absolute Gasteiger partial charge is 0.116 e. The number of nitrogens with zero attached hydrogens (tertiary/aromatic N) is 1. The van der Waals surface area contributed by atoms with Crippen molar-refractivity contribution in [3.63, 3.8) is 0 Å². The van der Waals surface area contributed by atoms with Crippen molar-refractivity contribution in [2.45, 2.75) is 40.2 Å². The van der Waals surface area contributed by atoms with Crippen LogP contribution in [0.3, 0.4) is 0 Å². The maximum absolute atomic E-state index is 9.78. The SMILES string of the molecule is CCC(C)[C@@H](c1c(C)cc(O)cc1C)N1CCNCC1.Cl.Cl. The number of nitrogens with one attached hydrogen (secondary N) is 1. The molecule has 0 saturated carbocycles. The van der Waals surface area contributed by atoms with E-state index in [4.69, 9.17) is 0 Å². The van der Waals surface area contributed by atoms with E-state index in [0.717, 1.165) is 26.2 Å². The van der Waals surface area contributed by atoms with E-state index in [9.17, 15) is 5.11 Å². The third-order valence-corrected chi connectivity index (χ3v) is 4.60. The lowest BCUT2D eigenvalue weighted by Gasteiger charge is -2.40. The van der Waals surface area contributed by atoms with Crippen molar-refractivity contribution in [3.05, 3.63) is 28.8 Å². The second kappa shape index (κ2) is 9.61. The van der Waals surface area contributed by atoms with Gasteiger partial charge in [-0.1, -0.05) is 20.3 Å². The topological polar surface area (TPSA) is 35.5 Å². The average Bonchev–Trinajstić information content (AvgIpc) is 2.42. The summed E-state index contributed by atoms with van der Waals surface area (Å²) in [7, 11) is 0. The highest BCUT2D eigenvalue weighted by Gasteiger charge is 2.28. The minimum absolute atomic E-state index is 0. The van der Waals surface area contributed by atoms with Gasteiger partial charge in [-0.2, -0.15) is 0 Å². The van der Waals surface area contributed by atoms with Crippen LogP contribution < -0.4 is 5.32 Å². The molecule has 1 saturated heterocycles. The van der Waals surface area contributed by atoms with Gasteiger partial charge >= 0.3 is 0 Å². The summed E-state index contributed by atoms with van der Waals surface area (Å²) in [5, 5.41) is 13.2. The highest BCUT2D eigenvalue weighted by atomic mass is 35.5. The Hall–Kier alpha value is -0.480. The molecule has 0 amide bonds. The molecular weight excluding hydrogens is 319 g/mol. The Morgan fingerprint density at radius 3 is 2.09 bits per heavy atom.